The molecular weight excluding hydrogens is 354 g/mol. The summed E-state index contributed by atoms with van der Waals surface area (Å²) in [4.78, 5) is 12.3. The minimum absolute atomic E-state index is 0.0921. The second-order valence-electron chi connectivity index (χ2n) is 8.86. The van der Waals surface area contributed by atoms with E-state index in [1.54, 1.807) is 0 Å². The Hall–Kier alpha value is -3.20. The number of benzene rings is 3. The molecule has 1 atom stereocenters. The SMILES string of the molecule is CC(C)(C)C1CN(c2ccc3ccccc3c2)C(c2cccc3cccnc23)=N1. The second kappa shape index (κ2) is 6.70. The van der Waals surface area contributed by atoms with E-state index in [1.165, 1.54) is 16.5 Å². The minimum Gasteiger partial charge on any atom is -0.324 e. The van der Waals surface area contributed by atoms with E-state index >= 15 is 0 Å². The number of amidine groups is 1. The van der Waals surface area contributed by atoms with Gasteiger partial charge in [-0.1, -0.05) is 69.3 Å². The highest BCUT2D eigenvalue weighted by Crippen LogP contribution is 2.34. The van der Waals surface area contributed by atoms with Crippen molar-refractivity contribution < 1.29 is 0 Å². The van der Waals surface area contributed by atoms with Gasteiger partial charge in [-0.2, -0.15) is 0 Å². The number of hydrogen-bond acceptors (Lipinski definition) is 3. The van der Waals surface area contributed by atoms with Gasteiger partial charge in [0.1, 0.15) is 5.84 Å². The topological polar surface area (TPSA) is 28.5 Å². The molecule has 3 aromatic carbocycles. The lowest BCUT2D eigenvalue weighted by Crippen LogP contribution is -2.34. The molecule has 4 aromatic rings. The van der Waals surface area contributed by atoms with Crippen LogP contribution in [0.25, 0.3) is 21.7 Å². The Balaban J connectivity index is 1.68. The Labute approximate surface area is 171 Å². The van der Waals surface area contributed by atoms with E-state index in [9.17, 15) is 0 Å². The summed E-state index contributed by atoms with van der Waals surface area (Å²) in [5.41, 5.74) is 3.38. The van der Waals surface area contributed by atoms with Gasteiger partial charge in [0.25, 0.3) is 0 Å². The van der Waals surface area contributed by atoms with E-state index in [1.807, 2.05) is 12.3 Å². The molecule has 1 unspecified atom stereocenters. The zero-order valence-electron chi connectivity index (χ0n) is 17.1. The number of aliphatic imine (C=N–C) groups is 1. The number of nitrogens with zero attached hydrogens (tertiary/aromatic N) is 3. The molecule has 0 N–H and O–H groups in total. The molecule has 0 radical (unpaired) electrons. The van der Waals surface area contributed by atoms with Gasteiger partial charge in [0.2, 0.25) is 0 Å². The second-order valence-corrected chi connectivity index (χ2v) is 8.86. The maximum Gasteiger partial charge on any atom is 0.138 e. The third-order valence-electron chi connectivity index (χ3n) is 5.81. The monoisotopic (exact) mass is 379 g/mol. The fourth-order valence-electron chi connectivity index (χ4n) is 4.06. The molecule has 3 heteroatoms. The summed E-state index contributed by atoms with van der Waals surface area (Å²) in [5, 5.41) is 3.65. The normalized spacial score (nSPS) is 17.1. The molecule has 0 saturated carbocycles. The molecule has 3 nitrogen and oxygen atoms in total. The Bertz CT molecular complexity index is 1230. The van der Waals surface area contributed by atoms with Gasteiger partial charge in [0.15, 0.2) is 0 Å². The van der Waals surface area contributed by atoms with Gasteiger partial charge in [0.05, 0.1) is 11.6 Å². The standard InChI is InChI=1S/C26H25N3/c1-26(2,3)23-17-29(21-14-13-18-8-4-5-9-20(18)16-21)25(28-23)22-12-6-10-19-11-7-15-27-24(19)22/h4-16,23H,17H2,1-3H3. The van der Waals surface area contributed by atoms with Crippen LogP contribution in [-0.4, -0.2) is 23.4 Å². The van der Waals surface area contributed by atoms with Gasteiger partial charge in [0, 0.05) is 29.4 Å². The van der Waals surface area contributed by atoms with E-state index in [0.717, 1.165) is 28.8 Å². The van der Waals surface area contributed by atoms with Crippen molar-refractivity contribution in [2.24, 2.45) is 10.4 Å². The minimum atomic E-state index is 0.0921. The van der Waals surface area contributed by atoms with E-state index in [4.69, 9.17) is 4.99 Å². The summed E-state index contributed by atoms with van der Waals surface area (Å²) in [5.74, 6) is 1.02. The highest BCUT2D eigenvalue weighted by Gasteiger charge is 2.35. The van der Waals surface area contributed by atoms with Crippen LogP contribution in [-0.2, 0) is 0 Å². The molecule has 2 heterocycles. The van der Waals surface area contributed by atoms with Crippen molar-refractivity contribution in [3.05, 3.63) is 84.6 Å². The number of rotatable bonds is 2. The molecule has 0 amide bonds. The Kier molecular flexibility index (Phi) is 4.13. The number of hydrogen-bond donors (Lipinski definition) is 0. The lowest BCUT2D eigenvalue weighted by molar-refractivity contribution is 0.337. The quantitative estimate of drug-likeness (QED) is 0.423. The van der Waals surface area contributed by atoms with Crippen LogP contribution in [0.3, 0.4) is 0 Å². The van der Waals surface area contributed by atoms with E-state index < -0.39 is 0 Å². The average molecular weight is 380 g/mol. The van der Waals surface area contributed by atoms with Crippen molar-refractivity contribution in [1.29, 1.82) is 0 Å². The molecule has 1 aromatic heterocycles. The number of fused-ring (bicyclic) bond motifs is 2. The fraction of sp³-hybridized carbons (Fsp3) is 0.231. The molecule has 0 aliphatic carbocycles. The van der Waals surface area contributed by atoms with Gasteiger partial charge in [-0.05, 0) is 40.5 Å². The van der Waals surface area contributed by atoms with Gasteiger partial charge in [-0.3, -0.25) is 9.98 Å². The van der Waals surface area contributed by atoms with Crippen molar-refractivity contribution in [2.75, 3.05) is 11.4 Å². The Morgan fingerprint density at radius 1 is 0.828 bits per heavy atom. The van der Waals surface area contributed by atoms with Crippen LogP contribution in [0.2, 0.25) is 0 Å². The lowest BCUT2D eigenvalue weighted by atomic mass is 9.87. The lowest BCUT2D eigenvalue weighted by Gasteiger charge is -2.26. The first-order valence-electron chi connectivity index (χ1n) is 10.2. The van der Waals surface area contributed by atoms with Crippen LogP contribution >= 0.6 is 0 Å². The molecule has 0 spiro atoms. The zero-order chi connectivity index (χ0) is 20.0. The summed E-state index contributed by atoms with van der Waals surface area (Å²) in [6.45, 7) is 7.68. The predicted molar refractivity (Wildman–Crippen MR) is 123 cm³/mol. The summed E-state index contributed by atoms with van der Waals surface area (Å²) in [6, 6.07) is 25.9. The number of anilines is 1. The first-order chi connectivity index (χ1) is 14.0. The van der Waals surface area contributed by atoms with Gasteiger partial charge >= 0.3 is 0 Å². The van der Waals surface area contributed by atoms with Crippen molar-refractivity contribution in [3.63, 3.8) is 0 Å². The summed E-state index contributed by atoms with van der Waals surface area (Å²) >= 11 is 0. The van der Waals surface area contributed by atoms with E-state index in [-0.39, 0.29) is 11.5 Å². The molecular formula is C26H25N3. The van der Waals surface area contributed by atoms with E-state index in [0.29, 0.717) is 0 Å². The third-order valence-corrected chi connectivity index (χ3v) is 5.81. The van der Waals surface area contributed by atoms with Crippen molar-refractivity contribution in [1.82, 2.24) is 4.98 Å². The highest BCUT2D eigenvalue weighted by atomic mass is 15.3. The van der Waals surface area contributed by atoms with Crippen LogP contribution in [0, 0.1) is 5.41 Å². The smallest absolute Gasteiger partial charge is 0.138 e. The Morgan fingerprint density at radius 2 is 1.59 bits per heavy atom. The van der Waals surface area contributed by atoms with Crippen LogP contribution in [0.15, 0.2) is 84.0 Å². The fourth-order valence-corrected chi connectivity index (χ4v) is 4.06. The van der Waals surface area contributed by atoms with Crippen LogP contribution < -0.4 is 4.90 Å². The molecule has 0 saturated heterocycles. The van der Waals surface area contributed by atoms with Gasteiger partial charge in [-0.15, -0.1) is 0 Å². The van der Waals surface area contributed by atoms with Gasteiger partial charge < -0.3 is 4.90 Å². The molecule has 29 heavy (non-hydrogen) atoms. The summed E-state index contributed by atoms with van der Waals surface area (Å²) in [7, 11) is 0. The molecule has 1 aliphatic heterocycles. The first kappa shape index (κ1) is 17.9. The van der Waals surface area contributed by atoms with Crippen LogP contribution in [0.1, 0.15) is 26.3 Å². The third kappa shape index (κ3) is 3.17. The van der Waals surface area contributed by atoms with Gasteiger partial charge in [-0.25, -0.2) is 0 Å². The van der Waals surface area contributed by atoms with Crippen LogP contribution in [0.5, 0.6) is 0 Å². The highest BCUT2D eigenvalue weighted by molar-refractivity contribution is 6.17. The molecule has 5 rings (SSSR count). The number of aromatic nitrogens is 1. The maximum atomic E-state index is 5.22. The zero-order valence-corrected chi connectivity index (χ0v) is 17.1. The predicted octanol–water partition coefficient (Wildman–Crippen LogP) is 6.07. The maximum absolute atomic E-state index is 5.22. The van der Waals surface area contributed by atoms with Crippen molar-refractivity contribution in [3.8, 4) is 0 Å². The summed E-state index contributed by atoms with van der Waals surface area (Å²) < 4.78 is 0. The molecule has 0 fully saturated rings. The average Bonchev–Trinajstić information content (AvgIpc) is 3.19. The molecule has 144 valence electrons. The van der Waals surface area contributed by atoms with E-state index in [2.05, 4.69) is 97.4 Å². The number of para-hydroxylation sites is 1. The van der Waals surface area contributed by atoms with Crippen molar-refractivity contribution >= 4 is 33.2 Å². The molecule has 1 aliphatic rings. The Morgan fingerprint density at radius 3 is 2.41 bits per heavy atom. The number of pyridine rings is 1. The summed E-state index contributed by atoms with van der Waals surface area (Å²) in [6.07, 6.45) is 1.86. The molecule has 0 bridgehead atoms. The van der Waals surface area contributed by atoms with Crippen molar-refractivity contribution in [2.45, 2.75) is 26.8 Å². The van der Waals surface area contributed by atoms with Crippen LogP contribution in [0.4, 0.5) is 5.69 Å². The largest absolute Gasteiger partial charge is 0.324 e. The first-order valence-corrected chi connectivity index (χ1v) is 10.2.